The third-order valence-electron chi connectivity index (χ3n) is 3.02. The molecule has 0 fully saturated rings. The van der Waals surface area contributed by atoms with Gasteiger partial charge in [0.25, 0.3) is 0 Å². The number of carbonyl (C=O) groups is 1. The normalized spacial score (nSPS) is 11.0. The van der Waals surface area contributed by atoms with Crippen molar-refractivity contribution in [2.24, 2.45) is 0 Å². The topological polar surface area (TPSA) is 90.8 Å². The first-order chi connectivity index (χ1) is 11.2. The van der Waals surface area contributed by atoms with Crippen molar-refractivity contribution in [1.82, 2.24) is 9.97 Å². The van der Waals surface area contributed by atoms with Crippen LogP contribution in [0.25, 0.3) is 0 Å². The number of nitrogens with one attached hydrogen (secondary N) is 3. The van der Waals surface area contributed by atoms with Gasteiger partial charge in [-0.2, -0.15) is 0 Å². The molecule has 6 nitrogen and oxygen atoms in total. The molecule has 3 N–H and O–H groups in total. The van der Waals surface area contributed by atoms with E-state index in [0.717, 1.165) is 0 Å². The zero-order chi connectivity index (χ0) is 17.9. The van der Waals surface area contributed by atoms with Crippen molar-refractivity contribution in [2.45, 2.75) is 33.2 Å². The molecule has 0 aliphatic rings. The summed E-state index contributed by atoms with van der Waals surface area (Å²) >= 11 is 5.92. The molecule has 0 aliphatic heterocycles. The molecule has 7 heteroatoms. The van der Waals surface area contributed by atoms with Gasteiger partial charge in [0, 0.05) is 23.0 Å². The lowest BCUT2D eigenvalue weighted by molar-refractivity contribution is -0.114. The van der Waals surface area contributed by atoms with Crippen LogP contribution in [0.5, 0.6) is 0 Å². The highest BCUT2D eigenvalue weighted by Crippen LogP contribution is 2.26. The minimum Gasteiger partial charge on any atom is -0.365 e. The maximum Gasteiger partial charge on any atom is 0.222 e. The van der Waals surface area contributed by atoms with Gasteiger partial charge >= 0.3 is 0 Å². The lowest BCUT2D eigenvalue weighted by atomic mass is 10.0. The van der Waals surface area contributed by atoms with Gasteiger partial charge in [-0.3, -0.25) is 10.2 Å². The van der Waals surface area contributed by atoms with E-state index < -0.39 is 0 Å². The molecule has 1 amide bonds. The molecule has 24 heavy (non-hydrogen) atoms. The molecule has 1 aromatic carbocycles. The lowest BCUT2D eigenvalue weighted by Gasteiger charge is -2.24. The maximum absolute atomic E-state index is 11.5. The number of aromatic nitrogens is 2. The van der Waals surface area contributed by atoms with Gasteiger partial charge in [-0.15, -0.1) is 0 Å². The fourth-order valence-electron chi connectivity index (χ4n) is 2.09. The van der Waals surface area contributed by atoms with Crippen molar-refractivity contribution in [2.75, 3.05) is 10.6 Å². The van der Waals surface area contributed by atoms with Crippen LogP contribution in [-0.4, -0.2) is 27.1 Å². The van der Waals surface area contributed by atoms with Crippen LogP contribution in [-0.2, 0) is 4.79 Å². The molecule has 2 rings (SSSR count). The van der Waals surface area contributed by atoms with E-state index in [-0.39, 0.29) is 17.2 Å². The number of rotatable bonds is 4. The Morgan fingerprint density at radius 2 is 1.71 bits per heavy atom. The fourth-order valence-corrected chi connectivity index (χ4v) is 2.22. The van der Waals surface area contributed by atoms with Gasteiger partial charge in [0.2, 0.25) is 5.91 Å². The molecule has 1 aromatic heterocycles. The number of carbonyl (C=O) groups excluding carboxylic acids is 1. The molecule has 0 saturated carbocycles. The second-order valence-corrected chi connectivity index (χ2v) is 6.82. The Kier molecular flexibility index (Phi) is 5.19. The van der Waals surface area contributed by atoms with Gasteiger partial charge in [-0.1, -0.05) is 23.7 Å². The van der Waals surface area contributed by atoms with Gasteiger partial charge in [-0.25, -0.2) is 9.97 Å². The van der Waals surface area contributed by atoms with Gasteiger partial charge in [-0.05, 0) is 32.9 Å². The average Bonchev–Trinajstić information content (AvgIpc) is 2.45. The fraction of sp³-hybridized carbons (Fsp3) is 0.294. The van der Waals surface area contributed by atoms with Crippen molar-refractivity contribution < 1.29 is 4.79 Å². The second kappa shape index (κ2) is 6.97. The summed E-state index contributed by atoms with van der Waals surface area (Å²) < 4.78 is 0. The van der Waals surface area contributed by atoms with Crippen LogP contribution in [0.3, 0.4) is 0 Å². The smallest absolute Gasteiger partial charge is 0.222 e. The first kappa shape index (κ1) is 17.9. The van der Waals surface area contributed by atoms with E-state index in [2.05, 4.69) is 20.6 Å². The minimum atomic E-state index is -0.267. The summed E-state index contributed by atoms with van der Waals surface area (Å²) in [6.45, 7) is 7.36. The highest BCUT2D eigenvalue weighted by atomic mass is 35.5. The van der Waals surface area contributed by atoms with Crippen LogP contribution >= 0.6 is 11.6 Å². The number of halogens is 1. The van der Waals surface area contributed by atoms with Gasteiger partial charge in [0.05, 0.1) is 11.3 Å². The zero-order valence-corrected chi connectivity index (χ0v) is 14.8. The van der Waals surface area contributed by atoms with Crippen LogP contribution in [0.1, 0.15) is 38.8 Å². The summed E-state index contributed by atoms with van der Waals surface area (Å²) in [6, 6.07) is 6.92. The minimum absolute atomic E-state index is 0.197. The van der Waals surface area contributed by atoms with Crippen molar-refractivity contribution in [3.05, 3.63) is 46.7 Å². The third kappa shape index (κ3) is 4.52. The lowest BCUT2D eigenvalue weighted by Crippen LogP contribution is -2.29. The number of anilines is 2. The molecule has 0 aliphatic carbocycles. The van der Waals surface area contributed by atoms with E-state index in [1.807, 2.05) is 20.8 Å². The Morgan fingerprint density at radius 1 is 1.12 bits per heavy atom. The standard InChI is InChI=1S/C17H20ClN5O/c1-10(24)22-15-13(14(19)11-5-7-12(18)8-6-11)16(21-9-20-15)23-17(2,3)4/h5-9,19H,1-4H3,(H2,20,21,22,23,24). The first-order valence-electron chi connectivity index (χ1n) is 7.43. The zero-order valence-electron chi connectivity index (χ0n) is 14.1. The van der Waals surface area contributed by atoms with Crippen molar-refractivity contribution >= 4 is 34.9 Å². The molecule has 0 atom stereocenters. The van der Waals surface area contributed by atoms with E-state index in [9.17, 15) is 4.79 Å². The second-order valence-electron chi connectivity index (χ2n) is 6.38. The van der Waals surface area contributed by atoms with E-state index >= 15 is 0 Å². The number of nitrogens with zero attached hydrogens (tertiary/aromatic N) is 2. The summed E-state index contributed by atoms with van der Waals surface area (Å²) in [4.78, 5) is 19.9. The summed E-state index contributed by atoms with van der Waals surface area (Å²) in [5, 5.41) is 15.1. The van der Waals surface area contributed by atoms with Crippen LogP contribution in [0.4, 0.5) is 11.6 Å². The molecule has 0 saturated heterocycles. The molecule has 0 bridgehead atoms. The van der Waals surface area contributed by atoms with E-state index in [1.54, 1.807) is 24.3 Å². The molecular formula is C17H20ClN5O. The number of hydrogen-bond donors (Lipinski definition) is 3. The van der Waals surface area contributed by atoms with Crippen LogP contribution in [0.15, 0.2) is 30.6 Å². The van der Waals surface area contributed by atoms with Gasteiger partial charge in [0.15, 0.2) is 0 Å². The average molecular weight is 346 g/mol. The first-order valence-corrected chi connectivity index (χ1v) is 7.81. The molecule has 1 heterocycles. The van der Waals surface area contributed by atoms with Crippen LogP contribution in [0, 0.1) is 5.41 Å². The summed E-state index contributed by atoms with van der Waals surface area (Å²) in [7, 11) is 0. The molecule has 126 valence electrons. The van der Waals surface area contributed by atoms with Gasteiger partial charge < -0.3 is 10.6 Å². The monoisotopic (exact) mass is 345 g/mol. The molecule has 0 spiro atoms. The van der Waals surface area contributed by atoms with E-state index in [4.69, 9.17) is 17.0 Å². The van der Waals surface area contributed by atoms with E-state index in [1.165, 1.54) is 13.3 Å². The van der Waals surface area contributed by atoms with Crippen molar-refractivity contribution in [3.8, 4) is 0 Å². The number of hydrogen-bond acceptors (Lipinski definition) is 5. The van der Waals surface area contributed by atoms with Crippen LogP contribution in [0.2, 0.25) is 5.02 Å². The Morgan fingerprint density at radius 3 is 2.25 bits per heavy atom. The number of amides is 1. The van der Waals surface area contributed by atoms with Crippen LogP contribution < -0.4 is 10.6 Å². The maximum atomic E-state index is 11.5. The predicted octanol–water partition coefficient (Wildman–Crippen LogP) is 3.71. The largest absolute Gasteiger partial charge is 0.365 e. The SMILES string of the molecule is CC(=O)Nc1ncnc(NC(C)(C)C)c1C(=N)c1ccc(Cl)cc1. The quantitative estimate of drug-likeness (QED) is 0.736. The number of benzene rings is 1. The molecule has 2 aromatic rings. The molecule has 0 unspecified atom stereocenters. The summed E-state index contributed by atoms with van der Waals surface area (Å²) in [5.74, 6) is 0.519. The Hall–Kier alpha value is -2.47. The highest BCUT2D eigenvalue weighted by Gasteiger charge is 2.21. The Bertz CT molecular complexity index is 766. The Balaban J connectivity index is 2.56. The van der Waals surface area contributed by atoms with Gasteiger partial charge in [0.1, 0.15) is 18.0 Å². The Labute approximate surface area is 146 Å². The van der Waals surface area contributed by atoms with Crippen molar-refractivity contribution in [1.29, 1.82) is 5.41 Å². The highest BCUT2D eigenvalue weighted by molar-refractivity contribution is 6.30. The van der Waals surface area contributed by atoms with E-state index in [0.29, 0.717) is 27.8 Å². The third-order valence-corrected chi connectivity index (χ3v) is 3.27. The molecular weight excluding hydrogens is 326 g/mol. The molecule has 0 radical (unpaired) electrons. The summed E-state index contributed by atoms with van der Waals surface area (Å²) in [6.07, 6.45) is 1.36. The van der Waals surface area contributed by atoms with Crippen molar-refractivity contribution in [3.63, 3.8) is 0 Å². The predicted molar refractivity (Wildman–Crippen MR) is 97.1 cm³/mol. The summed E-state index contributed by atoms with van der Waals surface area (Å²) in [5.41, 5.74) is 1.02.